The minimum Gasteiger partial charge on any atom is -0.497 e. The Morgan fingerprint density at radius 2 is 2.11 bits per heavy atom. The smallest absolute Gasteiger partial charge is 0.223 e. The number of carbonyl (C=O) groups excluding carboxylic acids is 1. The molecule has 0 spiro atoms. The Morgan fingerprint density at radius 1 is 1.32 bits per heavy atom. The van der Waals surface area contributed by atoms with Gasteiger partial charge in [-0.1, -0.05) is 31.2 Å². The molecule has 0 saturated carbocycles. The van der Waals surface area contributed by atoms with E-state index in [9.17, 15) is 4.79 Å². The van der Waals surface area contributed by atoms with Crippen LogP contribution in [0.2, 0.25) is 0 Å². The molecule has 0 bridgehead atoms. The van der Waals surface area contributed by atoms with Crippen molar-refractivity contribution < 1.29 is 14.3 Å². The summed E-state index contributed by atoms with van der Waals surface area (Å²) in [6, 6.07) is 7.92. The Hall–Kier alpha value is -2.41. The predicted octanol–water partition coefficient (Wildman–Crippen LogP) is 2.60. The van der Waals surface area contributed by atoms with Crippen LogP contribution in [0.15, 0.2) is 30.5 Å². The first kappa shape index (κ1) is 20.3. The molecule has 1 aromatic carbocycles. The number of nitrogens with one attached hydrogen (secondary N) is 1. The maximum atomic E-state index is 13.1. The van der Waals surface area contributed by atoms with Crippen LogP contribution in [0.1, 0.15) is 37.9 Å². The second-order valence-electron chi connectivity index (χ2n) is 7.84. The molecule has 7 heteroatoms. The van der Waals surface area contributed by atoms with E-state index < -0.39 is 0 Å². The first-order chi connectivity index (χ1) is 13.5. The van der Waals surface area contributed by atoms with Gasteiger partial charge in [-0.3, -0.25) is 4.79 Å². The monoisotopic (exact) mass is 386 g/mol. The molecule has 1 amide bonds. The molecule has 0 fully saturated rings. The zero-order valence-electron chi connectivity index (χ0n) is 16.9. The van der Waals surface area contributed by atoms with E-state index in [1.807, 2.05) is 28.9 Å². The van der Waals surface area contributed by atoms with Crippen LogP contribution in [0.4, 0.5) is 0 Å². The first-order valence-electron chi connectivity index (χ1n) is 9.93. The average molecular weight is 386 g/mol. The molecule has 2 aromatic rings. The van der Waals surface area contributed by atoms with Gasteiger partial charge in [0.1, 0.15) is 5.75 Å². The number of hydrogen-bond acceptors (Lipinski definition) is 5. The summed E-state index contributed by atoms with van der Waals surface area (Å²) in [6.07, 6.45) is 4.00. The fourth-order valence-electron chi connectivity index (χ4n) is 3.59. The lowest BCUT2D eigenvalue weighted by molar-refractivity contribution is -0.126. The van der Waals surface area contributed by atoms with E-state index in [-0.39, 0.29) is 17.9 Å². The van der Waals surface area contributed by atoms with Crippen molar-refractivity contribution in [3.63, 3.8) is 0 Å². The molecule has 3 rings (SSSR count). The number of ether oxygens (including phenoxy) is 2. The van der Waals surface area contributed by atoms with Gasteiger partial charge >= 0.3 is 0 Å². The molecule has 1 aliphatic rings. The molecule has 2 atom stereocenters. The van der Waals surface area contributed by atoms with Crippen molar-refractivity contribution in [2.45, 2.75) is 52.3 Å². The molecule has 7 nitrogen and oxygen atoms in total. The quantitative estimate of drug-likeness (QED) is 0.855. The molecular formula is C21H30N4O3. The van der Waals surface area contributed by atoms with E-state index in [0.717, 1.165) is 23.4 Å². The van der Waals surface area contributed by atoms with Crippen molar-refractivity contribution in [2.75, 3.05) is 13.7 Å². The van der Waals surface area contributed by atoms with Gasteiger partial charge in [0.05, 0.1) is 38.3 Å². The minimum atomic E-state index is -0.141. The normalized spacial score (nSPS) is 20.9. The van der Waals surface area contributed by atoms with Crippen LogP contribution in [-0.4, -0.2) is 40.7 Å². The lowest BCUT2D eigenvalue weighted by atomic mass is 9.94. The van der Waals surface area contributed by atoms with E-state index in [2.05, 4.69) is 29.5 Å². The number of fused-ring (bicyclic) bond motifs is 1. The summed E-state index contributed by atoms with van der Waals surface area (Å²) in [4.78, 5) is 13.1. The average Bonchev–Trinajstić information content (AvgIpc) is 3.11. The lowest BCUT2D eigenvalue weighted by Gasteiger charge is -2.23. The zero-order valence-corrected chi connectivity index (χ0v) is 16.9. The number of aryl methyl sites for hydroxylation is 1. The number of carbonyl (C=O) groups is 1. The van der Waals surface area contributed by atoms with Crippen molar-refractivity contribution in [1.29, 1.82) is 0 Å². The standard InChI is InChI=1S/C21H30N4O3/c1-15(2)10-18-13-28-14-19-12-22-24-25(19)9-8-17(21(26)23-18)11-16-4-6-20(27-3)7-5-16/h4-7,12,15,17-18H,8-11,13-14H2,1-3H3,(H,23,26)/t17-,18-/m1/s1. The van der Waals surface area contributed by atoms with Gasteiger partial charge in [-0.2, -0.15) is 0 Å². The van der Waals surface area contributed by atoms with Crippen molar-refractivity contribution in [2.24, 2.45) is 11.8 Å². The second-order valence-corrected chi connectivity index (χ2v) is 7.84. The molecule has 0 saturated heterocycles. The van der Waals surface area contributed by atoms with Crippen molar-refractivity contribution in [3.8, 4) is 5.75 Å². The predicted molar refractivity (Wildman–Crippen MR) is 106 cm³/mol. The summed E-state index contributed by atoms with van der Waals surface area (Å²) < 4.78 is 12.9. The van der Waals surface area contributed by atoms with Crippen LogP contribution >= 0.6 is 0 Å². The number of amides is 1. The van der Waals surface area contributed by atoms with Gasteiger partial charge in [0.15, 0.2) is 0 Å². The first-order valence-corrected chi connectivity index (χ1v) is 9.93. The summed E-state index contributed by atoms with van der Waals surface area (Å²) in [7, 11) is 1.65. The number of benzene rings is 1. The number of rotatable bonds is 5. The van der Waals surface area contributed by atoms with Gasteiger partial charge in [0.25, 0.3) is 0 Å². The second kappa shape index (κ2) is 9.68. The topological polar surface area (TPSA) is 78.3 Å². The van der Waals surface area contributed by atoms with Crippen LogP contribution < -0.4 is 10.1 Å². The minimum absolute atomic E-state index is 0.00768. The third kappa shape index (κ3) is 5.55. The molecule has 0 radical (unpaired) electrons. The summed E-state index contributed by atoms with van der Waals surface area (Å²) in [6.45, 7) is 5.91. The maximum Gasteiger partial charge on any atom is 0.223 e. The molecule has 0 unspecified atom stereocenters. The van der Waals surface area contributed by atoms with Crippen LogP contribution in [0.5, 0.6) is 5.75 Å². The van der Waals surface area contributed by atoms with Gasteiger partial charge in [0, 0.05) is 12.5 Å². The Morgan fingerprint density at radius 3 is 2.82 bits per heavy atom. The number of aromatic nitrogens is 3. The fraction of sp³-hybridized carbons (Fsp3) is 0.571. The summed E-state index contributed by atoms with van der Waals surface area (Å²) >= 11 is 0. The highest BCUT2D eigenvalue weighted by atomic mass is 16.5. The third-order valence-corrected chi connectivity index (χ3v) is 5.07. The van der Waals surface area contributed by atoms with Crippen LogP contribution in [0, 0.1) is 11.8 Å². The summed E-state index contributed by atoms with van der Waals surface area (Å²) in [5, 5.41) is 11.4. The molecule has 28 heavy (non-hydrogen) atoms. The van der Waals surface area contributed by atoms with Crippen LogP contribution in [0.3, 0.4) is 0 Å². The van der Waals surface area contributed by atoms with Gasteiger partial charge in [-0.05, 0) is 42.9 Å². The van der Waals surface area contributed by atoms with Gasteiger partial charge < -0.3 is 14.8 Å². The highest BCUT2D eigenvalue weighted by molar-refractivity contribution is 5.79. The summed E-state index contributed by atoms with van der Waals surface area (Å²) in [5.74, 6) is 1.23. The lowest BCUT2D eigenvalue weighted by Crippen LogP contribution is -2.42. The Kier molecular flexibility index (Phi) is 7.03. The molecule has 2 heterocycles. The van der Waals surface area contributed by atoms with Crippen molar-refractivity contribution in [1.82, 2.24) is 20.3 Å². The summed E-state index contributed by atoms with van der Waals surface area (Å²) in [5.41, 5.74) is 2.06. The Balaban J connectivity index is 1.78. The third-order valence-electron chi connectivity index (χ3n) is 5.07. The van der Waals surface area contributed by atoms with E-state index in [0.29, 0.717) is 38.5 Å². The maximum absolute atomic E-state index is 13.1. The van der Waals surface area contributed by atoms with Crippen molar-refractivity contribution >= 4 is 5.91 Å². The number of hydrogen-bond donors (Lipinski definition) is 1. The Labute approximate surface area is 166 Å². The molecule has 152 valence electrons. The molecule has 1 N–H and O–H groups in total. The van der Waals surface area contributed by atoms with Gasteiger partial charge in [-0.15, -0.1) is 5.10 Å². The highest BCUT2D eigenvalue weighted by Gasteiger charge is 2.24. The number of methoxy groups -OCH3 is 1. The highest BCUT2D eigenvalue weighted by Crippen LogP contribution is 2.19. The molecule has 0 aliphatic carbocycles. The van der Waals surface area contributed by atoms with E-state index in [1.165, 1.54) is 0 Å². The van der Waals surface area contributed by atoms with Crippen LogP contribution in [-0.2, 0) is 29.1 Å². The number of nitrogens with zero attached hydrogens (tertiary/aromatic N) is 3. The zero-order chi connectivity index (χ0) is 19.9. The Bertz CT molecular complexity index is 757. The van der Waals surface area contributed by atoms with Gasteiger partial charge in [-0.25, -0.2) is 4.68 Å². The van der Waals surface area contributed by atoms with E-state index >= 15 is 0 Å². The molecule has 1 aromatic heterocycles. The molecule has 1 aliphatic heterocycles. The van der Waals surface area contributed by atoms with Crippen LogP contribution in [0.25, 0.3) is 0 Å². The fourth-order valence-corrected chi connectivity index (χ4v) is 3.59. The van der Waals surface area contributed by atoms with Crippen molar-refractivity contribution in [3.05, 3.63) is 41.7 Å². The largest absolute Gasteiger partial charge is 0.497 e. The van der Waals surface area contributed by atoms with Gasteiger partial charge in [0.2, 0.25) is 5.91 Å². The van der Waals surface area contributed by atoms with E-state index in [4.69, 9.17) is 9.47 Å². The molecular weight excluding hydrogens is 356 g/mol. The van der Waals surface area contributed by atoms with E-state index in [1.54, 1.807) is 13.3 Å². The SMILES string of the molecule is COc1ccc(C[C@H]2CCn3nncc3COC[C@@H](CC(C)C)NC2=O)cc1.